The maximum Gasteiger partial charge on any atom is 0.253 e. The predicted octanol–water partition coefficient (Wildman–Crippen LogP) is 4.36. The van der Waals surface area contributed by atoms with Crippen LogP contribution in [-0.4, -0.2) is 67.2 Å². The van der Waals surface area contributed by atoms with Crippen molar-refractivity contribution in [2.45, 2.75) is 64.6 Å². The molecule has 2 aromatic heterocycles. The van der Waals surface area contributed by atoms with Crippen LogP contribution >= 0.6 is 0 Å². The molecule has 1 aliphatic carbocycles. The number of H-pyrrole nitrogens is 1. The van der Waals surface area contributed by atoms with Crippen LogP contribution < -0.4 is 5.56 Å². The van der Waals surface area contributed by atoms with Crippen molar-refractivity contribution in [3.8, 4) is 0 Å². The fourth-order valence-corrected chi connectivity index (χ4v) is 6.50. The lowest BCUT2D eigenvalue weighted by Gasteiger charge is -2.43. The molecule has 8 nitrogen and oxygen atoms in total. The number of halogens is 1. The highest BCUT2D eigenvalue weighted by Crippen LogP contribution is 2.31. The van der Waals surface area contributed by atoms with E-state index in [-0.39, 0.29) is 11.4 Å². The number of pyridine rings is 1. The largest absolute Gasteiger partial charge is 0.321 e. The van der Waals surface area contributed by atoms with Crippen LogP contribution in [0.3, 0.4) is 0 Å². The number of hydrogen-bond donors (Lipinski definition) is 1. The second kappa shape index (κ2) is 11.0. The number of aromatic nitrogens is 5. The van der Waals surface area contributed by atoms with Crippen LogP contribution in [0.2, 0.25) is 0 Å². The number of nitrogens with zero attached hydrogens (tertiary/aromatic N) is 6. The Kier molecular flexibility index (Phi) is 7.27. The van der Waals surface area contributed by atoms with Crippen molar-refractivity contribution in [2.75, 3.05) is 26.2 Å². The molecule has 1 saturated heterocycles. The van der Waals surface area contributed by atoms with Crippen molar-refractivity contribution in [2.24, 2.45) is 0 Å². The van der Waals surface area contributed by atoms with E-state index in [1.54, 1.807) is 16.8 Å². The number of rotatable bonds is 6. The molecule has 1 aliphatic heterocycles. The summed E-state index contributed by atoms with van der Waals surface area (Å²) in [6.45, 7) is 8.07. The number of aromatic amines is 1. The number of aryl methyl sites for hydroxylation is 2. The minimum atomic E-state index is -0.400. The van der Waals surface area contributed by atoms with Gasteiger partial charge in [0.2, 0.25) is 0 Å². The second-order valence-electron chi connectivity index (χ2n) is 11.2. The molecule has 0 radical (unpaired) electrons. The van der Waals surface area contributed by atoms with Crippen LogP contribution in [0.5, 0.6) is 0 Å². The summed E-state index contributed by atoms with van der Waals surface area (Å²) < 4.78 is 15.3. The number of piperazine rings is 1. The van der Waals surface area contributed by atoms with Gasteiger partial charge in [-0.2, -0.15) is 0 Å². The number of fused-ring (bicyclic) bond motifs is 1. The Hall–Kier alpha value is -3.43. The minimum Gasteiger partial charge on any atom is -0.321 e. The molecule has 2 aliphatic rings. The molecular formula is C30H36FN7O. The Balaban J connectivity index is 1.38. The van der Waals surface area contributed by atoms with E-state index in [1.807, 2.05) is 13.0 Å². The van der Waals surface area contributed by atoms with Crippen LogP contribution in [0.1, 0.15) is 66.2 Å². The molecule has 2 aromatic carbocycles. The minimum absolute atomic E-state index is 0.120. The molecule has 0 spiro atoms. The number of hydrogen-bond acceptors (Lipinski definition) is 6. The fourth-order valence-electron chi connectivity index (χ4n) is 6.50. The monoisotopic (exact) mass is 529 g/mol. The lowest BCUT2D eigenvalue weighted by Crippen LogP contribution is -2.52. The molecule has 4 aromatic rings. The van der Waals surface area contributed by atoms with Crippen molar-refractivity contribution < 1.29 is 4.39 Å². The smallest absolute Gasteiger partial charge is 0.253 e. The molecule has 1 saturated carbocycles. The van der Waals surface area contributed by atoms with E-state index in [0.29, 0.717) is 24.0 Å². The van der Waals surface area contributed by atoms with Gasteiger partial charge in [0.15, 0.2) is 5.82 Å². The first-order chi connectivity index (χ1) is 19.0. The van der Waals surface area contributed by atoms with Gasteiger partial charge in [0.1, 0.15) is 11.9 Å². The summed E-state index contributed by atoms with van der Waals surface area (Å²) in [4.78, 5) is 21.8. The molecule has 0 amide bonds. The molecule has 2 fully saturated rings. The quantitative estimate of drug-likeness (QED) is 0.400. The number of tetrazole rings is 1. The highest BCUT2D eigenvalue weighted by atomic mass is 19.1. The van der Waals surface area contributed by atoms with Crippen molar-refractivity contribution in [3.05, 3.63) is 86.7 Å². The summed E-state index contributed by atoms with van der Waals surface area (Å²) in [7, 11) is 0. The third-order valence-electron chi connectivity index (χ3n) is 8.47. The van der Waals surface area contributed by atoms with Gasteiger partial charge in [-0.25, -0.2) is 9.07 Å². The molecule has 3 heterocycles. The van der Waals surface area contributed by atoms with E-state index in [9.17, 15) is 9.18 Å². The summed E-state index contributed by atoms with van der Waals surface area (Å²) in [6, 6.07) is 12.9. The molecule has 9 heteroatoms. The zero-order valence-electron chi connectivity index (χ0n) is 22.7. The summed E-state index contributed by atoms with van der Waals surface area (Å²) in [5.41, 5.74) is 4.48. The standard InChI is InChI=1S/C30H36FN7O/c1-20-16-21(2)27-23(17-20)18-26(30(39)32-27)28(37-14-12-36(13-15-37)25-6-4-3-5-7-25)29-33-34-35-38(29)19-22-8-10-24(31)11-9-22/h8-11,16-18,25,28H,3-7,12-15,19H2,1-2H3,(H,32,39). The Morgan fingerprint density at radius 1 is 1.00 bits per heavy atom. The maximum atomic E-state index is 13.7. The van der Waals surface area contributed by atoms with E-state index in [2.05, 4.69) is 49.4 Å². The Morgan fingerprint density at radius 3 is 2.49 bits per heavy atom. The molecule has 39 heavy (non-hydrogen) atoms. The van der Waals surface area contributed by atoms with Gasteiger partial charge >= 0.3 is 0 Å². The SMILES string of the molecule is Cc1cc(C)c2[nH]c(=O)c(C(c3nnnn3Cc3ccc(F)cc3)N3CCN(C4CCCCC4)CC3)cc2c1. The van der Waals surface area contributed by atoms with Crippen LogP contribution in [0.4, 0.5) is 4.39 Å². The van der Waals surface area contributed by atoms with E-state index in [4.69, 9.17) is 0 Å². The van der Waals surface area contributed by atoms with Gasteiger partial charge in [0.25, 0.3) is 5.56 Å². The first-order valence-corrected chi connectivity index (χ1v) is 14.1. The highest BCUT2D eigenvalue weighted by Gasteiger charge is 2.34. The summed E-state index contributed by atoms with van der Waals surface area (Å²) in [5.74, 6) is 0.345. The second-order valence-corrected chi connectivity index (χ2v) is 11.2. The van der Waals surface area contributed by atoms with Crippen molar-refractivity contribution in [1.29, 1.82) is 0 Å². The first kappa shape index (κ1) is 25.8. The van der Waals surface area contributed by atoms with Gasteiger partial charge in [-0.1, -0.05) is 43.0 Å². The van der Waals surface area contributed by atoms with Crippen molar-refractivity contribution >= 4 is 10.9 Å². The Bertz CT molecular complexity index is 1500. The third-order valence-corrected chi connectivity index (χ3v) is 8.47. The zero-order valence-corrected chi connectivity index (χ0v) is 22.7. The number of benzene rings is 2. The van der Waals surface area contributed by atoms with E-state index < -0.39 is 6.04 Å². The molecule has 1 atom stereocenters. The van der Waals surface area contributed by atoms with Gasteiger partial charge in [0, 0.05) is 37.8 Å². The molecule has 204 valence electrons. The summed E-state index contributed by atoms with van der Waals surface area (Å²) in [6.07, 6.45) is 6.54. The Labute approximate surface area is 227 Å². The maximum absolute atomic E-state index is 13.7. The van der Waals surface area contributed by atoms with Gasteiger partial charge in [-0.3, -0.25) is 14.6 Å². The van der Waals surface area contributed by atoms with Gasteiger partial charge in [-0.05, 0) is 77.9 Å². The molecular weight excluding hydrogens is 493 g/mol. The first-order valence-electron chi connectivity index (χ1n) is 14.1. The van der Waals surface area contributed by atoms with E-state index in [1.165, 1.54) is 44.2 Å². The van der Waals surface area contributed by atoms with Gasteiger partial charge in [-0.15, -0.1) is 5.10 Å². The molecule has 1 unspecified atom stereocenters. The lowest BCUT2D eigenvalue weighted by molar-refractivity contribution is 0.0618. The summed E-state index contributed by atoms with van der Waals surface area (Å²) in [5, 5.41) is 13.8. The third kappa shape index (κ3) is 5.38. The van der Waals surface area contributed by atoms with Crippen molar-refractivity contribution in [3.63, 3.8) is 0 Å². The zero-order chi connectivity index (χ0) is 26.9. The highest BCUT2D eigenvalue weighted by molar-refractivity contribution is 5.83. The molecule has 6 rings (SSSR count). The topological polar surface area (TPSA) is 82.9 Å². The normalized spacial score (nSPS) is 18.5. The average Bonchev–Trinajstić information content (AvgIpc) is 3.39. The van der Waals surface area contributed by atoms with Crippen LogP contribution in [-0.2, 0) is 6.54 Å². The van der Waals surface area contributed by atoms with E-state index >= 15 is 0 Å². The molecule has 0 bridgehead atoms. The molecule has 1 N–H and O–H groups in total. The van der Waals surface area contributed by atoms with E-state index in [0.717, 1.165) is 53.8 Å². The Morgan fingerprint density at radius 2 is 1.74 bits per heavy atom. The van der Waals surface area contributed by atoms with Gasteiger partial charge in [0.05, 0.1) is 12.1 Å². The van der Waals surface area contributed by atoms with Gasteiger partial charge < -0.3 is 4.98 Å². The van der Waals surface area contributed by atoms with Crippen LogP contribution in [0.15, 0.2) is 47.3 Å². The van der Waals surface area contributed by atoms with Crippen LogP contribution in [0.25, 0.3) is 10.9 Å². The lowest BCUT2D eigenvalue weighted by atomic mass is 9.93. The predicted molar refractivity (Wildman–Crippen MR) is 149 cm³/mol. The average molecular weight is 530 g/mol. The number of nitrogens with one attached hydrogen (secondary N) is 1. The summed E-state index contributed by atoms with van der Waals surface area (Å²) >= 11 is 0. The fraction of sp³-hybridized carbons (Fsp3) is 0.467. The van der Waals surface area contributed by atoms with Crippen LogP contribution in [0, 0.1) is 19.7 Å². The van der Waals surface area contributed by atoms with Crippen molar-refractivity contribution in [1.82, 2.24) is 35.0 Å².